The summed E-state index contributed by atoms with van der Waals surface area (Å²) in [7, 11) is 0. The first-order valence-corrected chi connectivity index (χ1v) is 9.45. The molecule has 1 rings (SSSR count). The van der Waals surface area contributed by atoms with Crippen LogP contribution in [-0.2, 0) is 0 Å². The van der Waals surface area contributed by atoms with Gasteiger partial charge in [-0.25, -0.2) is 0 Å². The van der Waals surface area contributed by atoms with Gasteiger partial charge in [-0.15, -0.1) is 0 Å². The molecule has 0 amide bonds. The zero-order valence-electron chi connectivity index (χ0n) is 14.4. The van der Waals surface area contributed by atoms with Gasteiger partial charge >= 0.3 is 0 Å². The zero-order valence-corrected chi connectivity index (χ0v) is 14.4. The van der Waals surface area contributed by atoms with Gasteiger partial charge in [-0.3, -0.25) is 0 Å². The number of unbranched alkanes of at least 4 members (excludes halogenated alkanes) is 12. The maximum absolute atomic E-state index is 3.96. The molecular weight excluding hydrogens is 254 g/mol. The Morgan fingerprint density at radius 1 is 0.810 bits per heavy atom. The molecule has 1 aliphatic rings. The van der Waals surface area contributed by atoms with Gasteiger partial charge in [0.05, 0.1) is 0 Å². The maximum atomic E-state index is 3.96. The Hall–Kier alpha value is -0.720. The summed E-state index contributed by atoms with van der Waals surface area (Å²) < 4.78 is 0. The molecule has 0 radical (unpaired) electrons. The summed E-state index contributed by atoms with van der Waals surface area (Å²) >= 11 is 0. The standard InChI is InChI=1S/C20H37N/c1-3-4-5-6-7-8-9-10-11-12-13-14-15-16-20-17-19(2)21-18-20/h18,21H,2-17H2,1H3. The van der Waals surface area contributed by atoms with Crippen molar-refractivity contribution in [1.29, 1.82) is 0 Å². The smallest absolute Gasteiger partial charge is 0.0115 e. The molecule has 0 spiro atoms. The summed E-state index contributed by atoms with van der Waals surface area (Å²) in [6, 6.07) is 0. The first-order valence-electron chi connectivity index (χ1n) is 9.45. The van der Waals surface area contributed by atoms with E-state index in [0.29, 0.717) is 0 Å². The molecule has 0 bridgehead atoms. The van der Waals surface area contributed by atoms with Gasteiger partial charge in [-0.05, 0) is 18.4 Å². The van der Waals surface area contributed by atoms with Crippen molar-refractivity contribution in [2.24, 2.45) is 0 Å². The van der Waals surface area contributed by atoms with E-state index < -0.39 is 0 Å². The van der Waals surface area contributed by atoms with Gasteiger partial charge in [0.15, 0.2) is 0 Å². The fourth-order valence-corrected chi connectivity index (χ4v) is 3.11. The van der Waals surface area contributed by atoms with E-state index >= 15 is 0 Å². The van der Waals surface area contributed by atoms with Crippen molar-refractivity contribution in [1.82, 2.24) is 5.32 Å². The van der Waals surface area contributed by atoms with Gasteiger partial charge in [-0.2, -0.15) is 0 Å². The van der Waals surface area contributed by atoms with Gasteiger partial charge in [0, 0.05) is 18.3 Å². The van der Waals surface area contributed by atoms with Crippen molar-refractivity contribution < 1.29 is 0 Å². The number of allylic oxidation sites excluding steroid dienone is 1. The summed E-state index contributed by atoms with van der Waals surface area (Å²) in [5.74, 6) is 0. The minimum Gasteiger partial charge on any atom is -0.365 e. The van der Waals surface area contributed by atoms with Crippen LogP contribution in [0.2, 0.25) is 0 Å². The molecule has 1 heterocycles. The highest BCUT2D eigenvalue weighted by Crippen LogP contribution is 2.20. The quantitative estimate of drug-likeness (QED) is 0.345. The summed E-state index contributed by atoms with van der Waals surface area (Å²) in [5.41, 5.74) is 2.71. The minimum absolute atomic E-state index is 1.08. The number of hydrogen-bond donors (Lipinski definition) is 1. The third-order valence-electron chi connectivity index (χ3n) is 4.52. The van der Waals surface area contributed by atoms with Crippen LogP contribution in [0.25, 0.3) is 0 Å². The predicted octanol–water partition coefficient (Wildman–Crippen LogP) is 6.86. The molecule has 0 aromatic rings. The highest BCUT2D eigenvalue weighted by Gasteiger charge is 2.06. The molecule has 0 atom stereocenters. The minimum atomic E-state index is 1.08. The van der Waals surface area contributed by atoms with Crippen LogP contribution in [0.3, 0.4) is 0 Å². The Morgan fingerprint density at radius 2 is 1.29 bits per heavy atom. The molecule has 0 aromatic carbocycles. The Balaban J connectivity index is 1.72. The normalized spacial score (nSPS) is 14.3. The second-order valence-electron chi connectivity index (χ2n) is 6.72. The molecular formula is C20H37N. The van der Waals surface area contributed by atoms with Crippen molar-refractivity contribution in [3.63, 3.8) is 0 Å². The average Bonchev–Trinajstić information content (AvgIpc) is 2.89. The van der Waals surface area contributed by atoms with E-state index in [-0.39, 0.29) is 0 Å². The van der Waals surface area contributed by atoms with E-state index in [1.165, 1.54) is 95.6 Å². The molecule has 0 aromatic heterocycles. The highest BCUT2D eigenvalue weighted by molar-refractivity contribution is 5.20. The molecule has 1 N–H and O–H groups in total. The fourth-order valence-electron chi connectivity index (χ4n) is 3.11. The molecule has 1 aliphatic heterocycles. The molecule has 0 fully saturated rings. The van der Waals surface area contributed by atoms with Gasteiger partial charge in [-0.1, -0.05) is 90.6 Å². The van der Waals surface area contributed by atoms with Crippen LogP contribution in [-0.4, -0.2) is 0 Å². The lowest BCUT2D eigenvalue weighted by molar-refractivity contribution is 0.539. The van der Waals surface area contributed by atoms with E-state index in [2.05, 4.69) is 25.0 Å². The fraction of sp³-hybridized carbons (Fsp3) is 0.800. The summed E-state index contributed by atoms with van der Waals surface area (Å²) in [6.07, 6.45) is 23.2. The van der Waals surface area contributed by atoms with Crippen LogP contribution in [0, 0.1) is 0 Å². The van der Waals surface area contributed by atoms with E-state index in [0.717, 1.165) is 6.42 Å². The summed E-state index contributed by atoms with van der Waals surface area (Å²) in [5, 5.41) is 3.21. The first-order chi connectivity index (χ1) is 10.3. The maximum Gasteiger partial charge on any atom is 0.0115 e. The average molecular weight is 292 g/mol. The van der Waals surface area contributed by atoms with Crippen molar-refractivity contribution in [2.75, 3.05) is 0 Å². The molecule has 0 saturated heterocycles. The third-order valence-corrected chi connectivity index (χ3v) is 4.52. The lowest BCUT2D eigenvalue weighted by Crippen LogP contribution is -1.93. The number of hydrogen-bond acceptors (Lipinski definition) is 1. The van der Waals surface area contributed by atoms with Crippen LogP contribution < -0.4 is 5.32 Å². The Morgan fingerprint density at radius 3 is 1.71 bits per heavy atom. The van der Waals surface area contributed by atoms with Gasteiger partial charge in [0.1, 0.15) is 0 Å². The van der Waals surface area contributed by atoms with Gasteiger partial charge < -0.3 is 5.32 Å². The van der Waals surface area contributed by atoms with Crippen LogP contribution in [0.4, 0.5) is 0 Å². The molecule has 0 saturated carbocycles. The van der Waals surface area contributed by atoms with E-state index in [1.54, 1.807) is 5.57 Å². The predicted molar refractivity (Wildman–Crippen MR) is 95.3 cm³/mol. The lowest BCUT2D eigenvalue weighted by atomic mass is 10.0. The van der Waals surface area contributed by atoms with Crippen LogP contribution in [0.5, 0.6) is 0 Å². The Kier molecular flexibility index (Phi) is 11.3. The zero-order chi connectivity index (χ0) is 15.2. The van der Waals surface area contributed by atoms with Gasteiger partial charge in [0.25, 0.3) is 0 Å². The SMILES string of the molecule is C=C1CC(CCCCCCCCCCCCCCC)=CN1. The van der Waals surface area contributed by atoms with Crippen molar-refractivity contribution in [3.8, 4) is 0 Å². The molecule has 0 aliphatic carbocycles. The lowest BCUT2D eigenvalue weighted by Gasteiger charge is -2.03. The van der Waals surface area contributed by atoms with Gasteiger partial charge in [0.2, 0.25) is 0 Å². The molecule has 0 unspecified atom stereocenters. The number of nitrogens with one attached hydrogen (secondary N) is 1. The topological polar surface area (TPSA) is 12.0 Å². The van der Waals surface area contributed by atoms with Crippen molar-refractivity contribution in [3.05, 3.63) is 24.0 Å². The summed E-state index contributed by atoms with van der Waals surface area (Å²) in [6.45, 7) is 6.25. The van der Waals surface area contributed by atoms with E-state index in [9.17, 15) is 0 Å². The monoisotopic (exact) mass is 291 g/mol. The van der Waals surface area contributed by atoms with Crippen molar-refractivity contribution >= 4 is 0 Å². The number of rotatable bonds is 14. The second kappa shape index (κ2) is 13.0. The van der Waals surface area contributed by atoms with Crippen LogP contribution >= 0.6 is 0 Å². The van der Waals surface area contributed by atoms with Crippen LogP contribution in [0.1, 0.15) is 103 Å². The summed E-state index contributed by atoms with van der Waals surface area (Å²) in [4.78, 5) is 0. The molecule has 122 valence electrons. The molecule has 1 nitrogen and oxygen atoms in total. The molecule has 21 heavy (non-hydrogen) atoms. The Labute approximate surface area is 133 Å². The second-order valence-corrected chi connectivity index (χ2v) is 6.72. The van der Waals surface area contributed by atoms with E-state index in [4.69, 9.17) is 0 Å². The van der Waals surface area contributed by atoms with Crippen molar-refractivity contribution in [2.45, 2.75) is 103 Å². The largest absolute Gasteiger partial charge is 0.365 e. The first kappa shape index (κ1) is 18.3. The Bertz CT molecular complexity index is 290. The third kappa shape index (κ3) is 10.6. The molecule has 1 heteroatoms. The van der Waals surface area contributed by atoms with E-state index in [1.807, 2.05) is 0 Å². The highest BCUT2D eigenvalue weighted by atomic mass is 14.9. The van der Waals surface area contributed by atoms with Crippen LogP contribution in [0.15, 0.2) is 24.0 Å².